The summed E-state index contributed by atoms with van der Waals surface area (Å²) >= 11 is 1.49. The van der Waals surface area contributed by atoms with Crippen molar-refractivity contribution in [2.45, 2.75) is 13.0 Å². The van der Waals surface area contributed by atoms with Crippen LogP contribution in [0.3, 0.4) is 0 Å². The highest BCUT2D eigenvalue weighted by Crippen LogP contribution is 2.37. The van der Waals surface area contributed by atoms with Crippen LogP contribution >= 0.6 is 11.3 Å². The molecule has 142 valence electrons. The fourth-order valence-electron chi connectivity index (χ4n) is 2.98. The molecule has 0 aliphatic rings. The predicted molar refractivity (Wildman–Crippen MR) is 109 cm³/mol. The summed E-state index contributed by atoms with van der Waals surface area (Å²) in [6.07, 6.45) is 3.91. The van der Waals surface area contributed by atoms with Gasteiger partial charge in [-0.3, -0.25) is 9.20 Å². The lowest BCUT2D eigenvalue weighted by molar-refractivity contribution is -0.117. The molecule has 0 atom stereocenters. The standard InChI is InChI=1S/C21H19N3O3S/c1-26-15-6-4-5-14(9-15)13-27-17-10-18(28-19(17)11-20(22)25)16-12-23-21-7-2-3-8-24(16)21/h2-10,12H,11,13H2,1H3,(H2,22,25). The van der Waals surface area contributed by atoms with Crippen LogP contribution in [0.4, 0.5) is 0 Å². The van der Waals surface area contributed by atoms with Crippen molar-refractivity contribution >= 4 is 22.9 Å². The molecule has 0 aliphatic carbocycles. The average Bonchev–Trinajstić information content (AvgIpc) is 3.30. The Morgan fingerprint density at radius 3 is 2.93 bits per heavy atom. The minimum atomic E-state index is -0.391. The largest absolute Gasteiger partial charge is 0.497 e. The first-order chi connectivity index (χ1) is 13.6. The van der Waals surface area contributed by atoms with Crippen LogP contribution in [-0.2, 0) is 17.8 Å². The number of pyridine rings is 1. The number of amides is 1. The number of methoxy groups -OCH3 is 1. The van der Waals surface area contributed by atoms with Crippen molar-refractivity contribution in [3.05, 3.63) is 71.4 Å². The van der Waals surface area contributed by atoms with Crippen LogP contribution in [0.5, 0.6) is 11.5 Å². The number of carbonyl (C=O) groups excluding carboxylic acids is 1. The second-order valence-corrected chi connectivity index (χ2v) is 7.39. The SMILES string of the molecule is COc1cccc(COc2cc(-c3cnc4ccccn34)sc2CC(N)=O)c1. The van der Waals surface area contributed by atoms with Crippen molar-refractivity contribution in [3.63, 3.8) is 0 Å². The molecule has 0 unspecified atom stereocenters. The Balaban J connectivity index is 1.65. The Hall–Kier alpha value is -3.32. The van der Waals surface area contributed by atoms with Crippen LogP contribution in [0.1, 0.15) is 10.4 Å². The Labute approximate surface area is 166 Å². The van der Waals surface area contributed by atoms with Gasteiger partial charge in [0.25, 0.3) is 0 Å². The third-order valence-corrected chi connectivity index (χ3v) is 5.44. The molecule has 0 saturated carbocycles. The average molecular weight is 393 g/mol. The van der Waals surface area contributed by atoms with E-state index in [9.17, 15) is 4.79 Å². The summed E-state index contributed by atoms with van der Waals surface area (Å²) < 4.78 is 13.3. The zero-order valence-corrected chi connectivity index (χ0v) is 16.1. The van der Waals surface area contributed by atoms with Gasteiger partial charge in [0.1, 0.15) is 23.8 Å². The van der Waals surface area contributed by atoms with E-state index in [1.54, 1.807) is 7.11 Å². The maximum absolute atomic E-state index is 11.5. The van der Waals surface area contributed by atoms with E-state index in [4.69, 9.17) is 15.2 Å². The topological polar surface area (TPSA) is 78.8 Å². The predicted octanol–water partition coefficient (Wildman–Crippen LogP) is 3.68. The quantitative estimate of drug-likeness (QED) is 0.519. The molecule has 3 heterocycles. The van der Waals surface area contributed by atoms with Gasteiger partial charge >= 0.3 is 0 Å². The maximum Gasteiger partial charge on any atom is 0.222 e. The Morgan fingerprint density at radius 2 is 2.11 bits per heavy atom. The van der Waals surface area contributed by atoms with Crippen molar-refractivity contribution in [1.29, 1.82) is 0 Å². The van der Waals surface area contributed by atoms with E-state index >= 15 is 0 Å². The molecule has 0 fully saturated rings. The lowest BCUT2D eigenvalue weighted by Gasteiger charge is -2.08. The Morgan fingerprint density at radius 1 is 1.21 bits per heavy atom. The fraction of sp³-hybridized carbons (Fsp3) is 0.143. The number of imidazole rings is 1. The molecule has 7 heteroatoms. The maximum atomic E-state index is 11.5. The monoisotopic (exact) mass is 393 g/mol. The lowest BCUT2D eigenvalue weighted by Crippen LogP contribution is -2.13. The van der Waals surface area contributed by atoms with Crippen molar-refractivity contribution in [2.24, 2.45) is 5.73 Å². The van der Waals surface area contributed by atoms with E-state index in [0.717, 1.165) is 32.4 Å². The van der Waals surface area contributed by atoms with E-state index in [1.165, 1.54) is 11.3 Å². The number of nitrogens with zero attached hydrogens (tertiary/aromatic N) is 2. The van der Waals surface area contributed by atoms with Gasteiger partial charge in [-0.05, 0) is 29.8 Å². The summed E-state index contributed by atoms with van der Waals surface area (Å²) in [5.41, 5.74) is 8.22. The second kappa shape index (κ2) is 7.74. The molecule has 3 aromatic heterocycles. The number of hydrogen-bond donors (Lipinski definition) is 1. The molecule has 28 heavy (non-hydrogen) atoms. The minimum absolute atomic E-state index is 0.134. The van der Waals surface area contributed by atoms with Crippen LogP contribution in [0.25, 0.3) is 16.2 Å². The Kier molecular flexibility index (Phi) is 4.99. The number of benzene rings is 1. The minimum Gasteiger partial charge on any atom is -0.497 e. The smallest absolute Gasteiger partial charge is 0.222 e. The van der Waals surface area contributed by atoms with Gasteiger partial charge in [-0.2, -0.15) is 0 Å². The molecule has 0 saturated heterocycles. The van der Waals surface area contributed by atoms with Gasteiger partial charge in [0.15, 0.2) is 0 Å². The molecule has 1 aromatic carbocycles. The van der Waals surface area contributed by atoms with Crippen LogP contribution in [0.15, 0.2) is 60.9 Å². The summed E-state index contributed by atoms with van der Waals surface area (Å²) in [5.74, 6) is 1.04. The summed E-state index contributed by atoms with van der Waals surface area (Å²) in [5, 5.41) is 0. The van der Waals surface area contributed by atoms with Crippen LogP contribution < -0.4 is 15.2 Å². The van der Waals surface area contributed by atoms with Gasteiger partial charge in [0.2, 0.25) is 5.91 Å². The highest BCUT2D eigenvalue weighted by atomic mass is 32.1. The number of primary amides is 1. The fourth-order valence-corrected chi connectivity index (χ4v) is 4.10. The zero-order valence-electron chi connectivity index (χ0n) is 15.3. The number of ether oxygens (including phenoxy) is 2. The van der Waals surface area contributed by atoms with Gasteiger partial charge in [-0.1, -0.05) is 18.2 Å². The first-order valence-electron chi connectivity index (χ1n) is 8.73. The van der Waals surface area contributed by atoms with Gasteiger partial charge in [-0.25, -0.2) is 4.98 Å². The molecule has 0 spiro atoms. The Bertz CT molecular complexity index is 1130. The number of thiophene rings is 1. The summed E-state index contributed by atoms with van der Waals surface area (Å²) in [6.45, 7) is 0.367. The molecule has 6 nitrogen and oxygen atoms in total. The lowest BCUT2D eigenvalue weighted by atomic mass is 10.2. The van der Waals surface area contributed by atoms with E-state index in [-0.39, 0.29) is 6.42 Å². The molecule has 4 aromatic rings. The number of fused-ring (bicyclic) bond motifs is 1. The van der Waals surface area contributed by atoms with Gasteiger partial charge in [0.05, 0.1) is 35.2 Å². The second-order valence-electron chi connectivity index (χ2n) is 6.25. The molecule has 2 N–H and O–H groups in total. The molecular formula is C21H19N3O3S. The summed E-state index contributed by atoms with van der Waals surface area (Å²) in [7, 11) is 1.63. The van der Waals surface area contributed by atoms with Crippen molar-refractivity contribution in [3.8, 4) is 22.1 Å². The van der Waals surface area contributed by atoms with E-state index < -0.39 is 5.91 Å². The van der Waals surface area contributed by atoms with Gasteiger partial charge in [-0.15, -0.1) is 11.3 Å². The summed E-state index contributed by atoms with van der Waals surface area (Å²) in [6, 6.07) is 15.5. The van der Waals surface area contributed by atoms with Crippen molar-refractivity contribution in [1.82, 2.24) is 9.38 Å². The van der Waals surface area contributed by atoms with Crippen LogP contribution in [0.2, 0.25) is 0 Å². The van der Waals surface area contributed by atoms with E-state index in [0.29, 0.717) is 12.4 Å². The third kappa shape index (κ3) is 3.70. The van der Waals surface area contributed by atoms with Gasteiger partial charge < -0.3 is 15.2 Å². The molecule has 0 aliphatic heterocycles. The normalized spacial score (nSPS) is 10.9. The van der Waals surface area contributed by atoms with Crippen molar-refractivity contribution < 1.29 is 14.3 Å². The molecule has 0 bridgehead atoms. The number of hydrogen-bond acceptors (Lipinski definition) is 5. The van der Waals surface area contributed by atoms with Gasteiger partial charge in [0, 0.05) is 12.3 Å². The van der Waals surface area contributed by atoms with E-state index in [2.05, 4.69) is 4.98 Å². The van der Waals surface area contributed by atoms with Crippen LogP contribution in [0, 0.1) is 0 Å². The number of rotatable bonds is 7. The van der Waals surface area contributed by atoms with E-state index in [1.807, 2.05) is 65.3 Å². The summed E-state index contributed by atoms with van der Waals surface area (Å²) in [4.78, 5) is 17.7. The first-order valence-corrected chi connectivity index (χ1v) is 9.55. The molecule has 1 amide bonds. The molecular weight excluding hydrogens is 374 g/mol. The third-order valence-electron chi connectivity index (χ3n) is 4.30. The number of carbonyl (C=O) groups is 1. The number of nitrogens with two attached hydrogens (primary N) is 1. The molecule has 0 radical (unpaired) electrons. The molecule has 4 rings (SSSR count). The van der Waals surface area contributed by atoms with Crippen LogP contribution in [-0.4, -0.2) is 22.4 Å². The van der Waals surface area contributed by atoms with Crippen molar-refractivity contribution in [2.75, 3.05) is 7.11 Å². The first kappa shape index (κ1) is 18.1. The highest BCUT2D eigenvalue weighted by molar-refractivity contribution is 7.15. The highest BCUT2D eigenvalue weighted by Gasteiger charge is 2.16. The zero-order chi connectivity index (χ0) is 19.5. The number of aromatic nitrogens is 2.